The molecule has 0 aliphatic carbocycles. The standard InChI is InChI=1S/C11H10BrN3O2/c1-7-2-3-9(12)10(4-7)15-8(5-11(16)17)6-13-14-15/h2-4,6H,5H2,1H3,(H,16,17). The van der Waals surface area contributed by atoms with Crippen LogP contribution in [0.4, 0.5) is 0 Å². The number of aromatic nitrogens is 3. The van der Waals surface area contributed by atoms with Crippen molar-refractivity contribution >= 4 is 21.9 Å². The van der Waals surface area contributed by atoms with Crippen LogP contribution in [0.25, 0.3) is 5.69 Å². The minimum atomic E-state index is -0.905. The summed E-state index contributed by atoms with van der Waals surface area (Å²) in [6.45, 7) is 1.96. The molecule has 0 saturated heterocycles. The number of carboxylic acids is 1. The number of nitrogens with zero attached hydrogens (tertiary/aromatic N) is 3. The van der Waals surface area contributed by atoms with Gasteiger partial charge in [0, 0.05) is 4.47 Å². The maximum Gasteiger partial charge on any atom is 0.309 e. The van der Waals surface area contributed by atoms with Gasteiger partial charge in [0.1, 0.15) is 0 Å². The lowest BCUT2D eigenvalue weighted by Crippen LogP contribution is -2.08. The molecule has 0 bridgehead atoms. The highest BCUT2D eigenvalue weighted by Gasteiger charge is 2.12. The second-order valence-corrected chi connectivity index (χ2v) is 4.52. The number of benzene rings is 1. The number of hydrogen-bond acceptors (Lipinski definition) is 3. The van der Waals surface area contributed by atoms with Crippen LogP contribution in [-0.2, 0) is 11.2 Å². The predicted octanol–water partition coefficient (Wildman–Crippen LogP) is 1.97. The van der Waals surface area contributed by atoms with Crippen molar-refractivity contribution < 1.29 is 9.90 Å². The number of rotatable bonds is 3. The Bertz CT molecular complexity index is 566. The van der Waals surface area contributed by atoms with Gasteiger partial charge in [-0.3, -0.25) is 4.79 Å². The molecule has 5 nitrogen and oxygen atoms in total. The lowest BCUT2D eigenvalue weighted by Gasteiger charge is -2.07. The highest BCUT2D eigenvalue weighted by atomic mass is 79.9. The summed E-state index contributed by atoms with van der Waals surface area (Å²) >= 11 is 3.42. The molecule has 1 aromatic heterocycles. The van der Waals surface area contributed by atoms with Gasteiger partial charge in [0.05, 0.1) is 24.0 Å². The van der Waals surface area contributed by atoms with E-state index in [2.05, 4.69) is 26.2 Å². The quantitative estimate of drug-likeness (QED) is 0.940. The molecule has 1 aromatic carbocycles. The summed E-state index contributed by atoms with van der Waals surface area (Å²) in [5, 5.41) is 16.5. The molecule has 17 heavy (non-hydrogen) atoms. The number of aryl methyl sites for hydroxylation is 1. The first-order chi connectivity index (χ1) is 8.08. The Kier molecular flexibility index (Phi) is 3.23. The third-order valence-electron chi connectivity index (χ3n) is 2.28. The zero-order chi connectivity index (χ0) is 12.4. The van der Waals surface area contributed by atoms with Crippen LogP contribution in [0.1, 0.15) is 11.3 Å². The van der Waals surface area contributed by atoms with Crippen molar-refractivity contribution in [3.05, 3.63) is 40.1 Å². The van der Waals surface area contributed by atoms with Crippen molar-refractivity contribution in [3.8, 4) is 5.69 Å². The summed E-state index contributed by atoms with van der Waals surface area (Å²) in [6, 6.07) is 5.78. The lowest BCUT2D eigenvalue weighted by atomic mass is 10.2. The Hall–Kier alpha value is -1.69. The topological polar surface area (TPSA) is 68.0 Å². The van der Waals surface area contributed by atoms with Gasteiger partial charge < -0.3 is 5.11 Å². The Labute approximate surface area is 106 Å². The Morgan fingerprint density at radius 1 is 1.53 bits per heavy atom. The molecule has 1 N–H and O–H groups in total. The molecule has 0 radical (unpaired) electrons. The Morgan fingerprint density at radius 2 is 2.29 bits per heavy atom. The maximum atomic E-state index is 10.7. The van der Waals surface area contributed by atoms with E-state index < -0.39 is 5.97 Å². The molecule has 0 aliphatic rings. The van der Waals surface area contributed by atoms with Gasteiger partial charge in [0.25, 0.3) is 0 Å². The smallest absolute Gasteiger partial charge is 0.309 e. The highest BCUT2D eigenvalue weighted by molar-refractivity contribution is 9.10. The number of aliphatic carboxylic acids is 1. The molecule has 0 saturated carbocycles. The summed E-state index contributed by atoms with van der Waals surface area (Å²) in [7, 11) is 0. The summed E-state index contributed by atoms with van der Waals surface area (Å²) in [6.07, 6.45) is 1.36. The van der Waals surface area contributed by atoms with Gasteiger partial charge in [-0.1, -0.05) is 11.3 Å². The predicted molar refractivity (Wildman–Crippen MR) is 65.1 cm³/mol. The minimum Gasteiger partial charge on any atom is -0.481 e. The number of carboxylic acid groups (broad SMARTS) is 1. The van der Waals surface area contributed by atoms with Crippen molar-refractivity contribution in [2.75, 3.05) is 0 Å². The Balaban J connectivity index is 2.49. The second kappa shape index (κ2) is 4.67. The number of halogens is 1. The fourth-order valence-electron chi connectivity index (χ4n) is 1.52. The molecule has 0 spiro atoms. The first-order valence-electron chi connectivity index (χ1n) is 4.96. The van der Waals surface area contributed by atoms with Crippen LogP contribution in [0.3, 0.4) is 0 Å². The monoisotopic (exact) mass is 295 g/mol. The fourth-order valence-corrected chi connectivity index (χ4v) is 1.93. The Morgan fingerprint density at radius 3 is 3.00 bits per heavy atom. The molecule has 0 amide bonds. The molecular formula is C11H10BrN3O2. The molecule has 0 unspecified atom stereocenters. The van der Waals surface area contributed by atoms with E-state index in [0.29, 0.717) is 5.69 Å². The zero-order valence-electron chi connectivity index (χ0n) is 9.09. The minimum absolute atomic E-state index is 0.104. The van der Waals surface area contributed by atoms with Crippen LogP contribution in [0.2, 0.25) is 0 Å². The van der Waals surface area contributed by atoms with E-state index in [0.717, 1.165) is 15.7 Å². The molecule has 6 heteroatoms. The third kappa shape index (κ3) is 2.52. The van der Waals surface area contributed by atoms with E-state index in [-0.39, 0.29) is 6.42 Å². The molecule has 2 aromatic rings. The molecule has 2 rings (SSSR count). The van der Waals surface area contributed by atoms with Gasteiger partial charge in [-0.25, -0.2) is 4.68 Å². The first kappa shape index (κ1) is 11.8. The molecule has 0 fully saturated rings. The van der Waals surface area contributed by atoms with E-state index in [1.54, 1.807) is 0 Å². The number of hydrogen-bond donors (Lipinski definition) is 1. The van der Waals surface area contributed by atoms with Crippen LogP contribution >= 0.6 is 15.9 Å². The molecule has 0 aliphatic heterocycles. The van der Waals surface area contributed by atoms with Gasteiger partial charge in [-0.05, 0) is 40.5 Å². The number of carbonyl (C=O) groups is 1. The van der Waals surface area contributed by atoms with Crippen molar-refractivity contribution in [3.63, 3.8) is 0 Å². The molecule has 88 valence electrons. The van der Waals surface area contributed by atoms with Crippen LogP contribution in [0, 0.1) is 6.92 Å². The maximum absolute atomic E-state index is 10.7. The van der Waals surface area contributed by atoms with Crippen LogP contribution in [0.15, 0.2) is 28.9 Å². The second-order valence-electron chi connectivity index (χ2n) is 3.66. The van der Waals surface area contributed by atoms with E-state index >= 15 is 0 Å². The third-order valence-corrected chi connectivity index (χ3v) is 2.95. The largest absolute Gasteiger partial charge is 0.481 e. The van der Waals surface area contributed by atoms with Crippen molar-refractivity contribution in [2.24, 2.45) is 0 Å². The van der Waals surface area contributed by atoms with Gasteiger partial charge in [-0.15, -0.1) is 5.10 Å². The van der Waals surface area contributed by atoms with E-state index in [1.807, 2.05) is 25.1 Å². The molecule has 0 atom stereocenters. The van der Waals surface area contributed by atoms with Crippen molar-refractivity contribution in [1.29, 1.82) is 0 Å². The summed E-state index contributed by atoms with van der Waals surface area (Å²) < 4.78 is 2.38. The van der Waals surface area contributed by atoms with Crippen LogP contribution in [-0.4, -0.2) is 26.1 Å². The summed E-state index contributed by atoms with van der Waals surface area (Å²) in [4.78, 5) is 10.7. The average molecular weight is 296 g/mol. The lowest BCUT2D eigenvalue weighted by molar-refractivity contribution is -0.136. The highest BCUT2D eigenvalue weighted by Crippen LogP contribution is 2.22. The SMILES string of the molecule is Cc1ccc(Br)c(-n2nncc2CC(=O)O)c1. The van der Waals surface area contributed by atoms with Gasteiger partial charge in [-0.2, -0.15) is 0 Å². The van der Waals surface area contributed by atoms with E-state index in [1.165, 1.54) is 10.9 Å². The van der Waals surface area contributed by atoms with Gasteiger partial charge in [0.2, 0.25) is 0 Å². The summed E-state index contributed by atoms with van der Waals surface area (Å²) in [5.41, 5.74) is 2.41. The summed E-state index contributed by atoms with van der Waals surface area (Å²) in [5.74, 6) is -0.905. The molecular weight excluding hydrogens is 286 g/mol. The van der Waals surface area contributed by atoms with Crippen molar-refractivity contribution in [1.82, 2.24) is 15.0 Å². The van der Waals surface area contributed by atoms with Crippen LogP contribution in [0.5, 0.6) is 0 Å². The zero-order valence-corrected chi connectivity index (χ0v) is 10.7. The molecule has 1 heterocycles. The average Bonchev–Trinajstić information content (AvgIpc) is 2.69. The fraction of sp³-hybridized carbons (Fsp3) is 0.182. The van der Waals surface area contributed by atoms with Crippen LogP contribution < -0.4 is 0 Å². The van der Waals surface area contributed by atoms with Crippen molar-refractivity contribution in [2.45, 2.75) is 13.3 Å². The normalized spacial score (nSPS) is 10.5. The van der Waals surface area contributed by atoms with E-state index in [9.17, 15) is 4.79 Å². The first-order valence-corrected chi connectivity index (χ1v) is 5.75. The van der Waals surface area contributed by atoms with Gasteiger partial charge >= 0.3 is 5.97 Å². The van der Waals surface area contributed by atoms with E-state index in [4.69, 9.17) is 5.11 Å². The van der Waals surface area contributed by atoms with Gasteiger partial charge in [0.15, 0.2) is 0 Å².